The zero-order chi connectivity index (χ0) is 19.5. The van der Waals surface area contributed by atoms with E-state index in [9.17, 15) is 13.9 Å². The number of nitrogens with two attached hydrogens (primary N) is 1. The SMILES string of the molecule is CC(C)n1nc(-c2cnc(N)c(OC(F)F)c2)cc1C1C2CC(C)(O)CC21. The number of fused-ring (bicyclic) bond motifs is 1. The largest absolute Gasteiger partial charge is 0.431 e. The summed E-state index contributed by atoms with van der Waals surface area (Å²) >= 11 is 0. The molecule has 0 spiro atoms. The molecule has 8 heteroatoms. The van der Waals surface area contributed by atoms with Gasteiger partial charge in [0, 0.05) is 29.4 Å². The Kier molecular flexibility index (Phi) is 4.14. The predicted octanol–water partition coefficient (Wildman–Crippen LogP) is 3.58. The van der Waals surface area contributed by atoms with Crippen molar-refractivity contribution in [2.75, 3.05) is 5.73 Å². The zero-order valence-electron chi connectivity index (χ0n) is 15.6. The Balaban J connectivity index is 1.66. The van der Waals surface area contributed by atoms with Crippen LogP contribution in [0, 0.1) is 11.8 Å². The van der Waals surface area contributed by atoms with Gasteiger partial charge >= 0.3 is 6.61 Å². The third-order valence-corrected chi connectivity index (χ3v) is 5.67. The number of nitrogens with zero attached hydrogens (tertiary/aromatic N) is 3. The average Bonchev–Trinajstić information content (AvgIpc) is 2.94. The summed E-state index contributed by atoms with van der Waals surface area (Å²) in [5.41, 5.74) is 7.42. The molecule has 0 amide bonds. The van der Waals surface area contributed by atoms with Crippen LogP contribution >= 0.6 is 0 Å². The molecule has 27 heavy (non-hydrogen) atoms. The van der Waals surface area contributed by atoms with Crippen LogP contribution in [0.4, 0.5) is 14.6 Å². The van der Waals surface area contributed by atoms with Crippen molar-refractivity contribution in [2.45, 2.75) is 57.8 Å². The van der Waals surface area contributed by atoms with Crippen molar-refractivity contribution in [1.82, 2.24) is 14.8 Å². The maximum absolute atomic E-state index is 12.6. The van der Waals surface area contributed by atoms with Gasteiger partial charge in [0.15, 0.2) is 11.6 Å². The van der Waals surface area contributed by atoms with Gasteiger partial charge in [-0.2, -0.15) is 13.9 Å². The summed E-state index contributed by atoms with van der Waals surface area (Å²) in [6, 6.07) is 3.61. The van der Waals surface area contributed by atoms with Gasteiger partial charge < -0.3 is 15.6 Å². The van der Waals surface area contributed by atoms with Gasteiger partial charge in [0.1, 0.15) is 0 Å². The highest BCUT2D eigenvalue weighted by molar-refractivity contribution is 5.64. The highest BCUT2D eigenvalue weighted by atomic mass is 19.3. The van der Waals surface area contributed by atoms with Gasteiger partial charge in [-0.15, -0.1) is 0 Å². The molecule has 2 aromatic rings. The number of hydrogen-bond acceptors (Lipinski definition) is 5. The molecule has 2 heterocycles. The smallest absolute Gasteiger partial charge is 0.387 e. The molecule has 2 saturated carbocycles. The predicted molar refractivity (Wildman–Crippen MR) is 96.5 cm³/mol. The Morgan fingerprint density at radius 3 is 2.56 bits per heavy atom. The van der Waals surface area contributed by atoms with Crippen LogP contribution in [-0.4, -0.2) is 32.1 Å². The molecule has 6 nitrogen and oxygen atoms in total. The second kappa shape index (κ2) is 6.15. The van der Waals surface area contributed by atoms with E-state index in [1.54, 1.807) is 0 Å². The van der Waals surface area contributed by atoms with Gasteiger partial charge in [-0.25, -0.2) is 4.98 Å². The molecule has 0 aromatic carbocycles. The summed E-state index contributed by atoms with van der Waals surface area (Å²) < 4.78 is 31.6. The fraction of sp³-hybridized carbons (Fsp3) is 0.579. The summed E-state index contributed by atoms with van der Waals surface area (Å²) in [6.45, 7) is 3.04. The molecule has 2 aromatic heterocycles. The van der Waals surface area contributed by atoms with Crippen molar-refractivity contribution < 1.29 is 18.6 Å². The number of halogens is 2. The standard InChI is InChI=1S/C19H24F2N4O2/c1-9(2)25-14(16-11-6-19(3,26)7-12(11)16)5-13(24-25)10-4-15(27-18(20)21)17(22)23-8-10/h4-5,8-9,11-12,16,18,26H,6-7H2,1-3H3,(H2,22,23). The van der Waals surface area contributed by atoms with E-state index in [2.05, 4.69) is 28.7 Å². The number of alkyl halides is 2. The van der Waals surface area contributed by atoms with Crippen LogP contribution < -0.4 is 10.5 Å². The van der Waals surface area contributed by atoms with E-state index in [-0.39, 0.29) is 17.6 Å². The summed E-state index contributed by atoms with van der Waals surface area (Å²) in [6.07, 6.45) is 3.12. The lowest BCUT2D eigenvalue weighted by Crippen LogP contribution is -2.22. The van der Waals surface area contributed by atoms with Gasteiger partial charge in [0.25, 0.3) is 0 Å². The van der Waals surface area contributed by atoms with Crippen molar-refractivity contribution in [2.24, 2.45) is 11.8 Å². The number of aliphatic hydroxyl groups is 1. The number of hydrogen-bond donors (Lipinski definition) is 2. The van der Waals surface area contributed by atoms with Crippen LogP contribution in [0.5, 0.6) is 5.75 Å². The summed E-state index contributed by atoms with van der Waals surface area (Å²) in [5.74, 6) is 1.10. The van der Waals surface area contributed by atoms with E-state index < -0.39 is 12.2 Å². The Hall–Kier alpha value is -2.22. The molecule has 2 aliphatic rings. The van der Waals surface area contributed by atoms with E-state index in [1.165, 1.54) is 12.3 Å². The number of rotatable bonds is 5. The van der Waals surface area contributed by atoms with Crippen LogP contribution in [-0.2, 0) is 0 Å². The van der Waals surface area contributed by atoms with Crippen LogP contribution in [0.3, 0.4) is 0 Å². The lowest BCUT2D eigenvalue weighted by molar-refractivity contribution is -0.0494. The molecular formula is C19H24F2N4O2. The van der Waals surface area contributed by atoms with Crippen LogP contribution in [0.2, 0.25) is 0 Å². The first-order valence-electron chi connectivity index (χ1n) is 9.19. The highest BCUT2D eigenvalue weighted by Crippen LogP contribution is 2.66. The van der Waals surface area contributed by atoms with Gasteiger partial charge in [-0.3, -0.25) is 4.68 Å². The van der Waals surface area contributed by atoms with Crippen molar-refractivity contribution in [1.29, 1.82) is 0 Å². The average molecular weight is 378 g/mol. The molecule has 2 aliphatic carbocycles. The Morgan fingerprint density at radius 1 is 1.30 bits per heavy atom. The van der Waals surface area contributed by atoms with E-state index >= 15 is 0 Å². The minimum Gasteiger partial charge on any atom is -0.431 e. The van der Waals surface area contributed by atoms with E-state index in [4.69, 9.17) is 5.73 Å². The molecule has 0 bridgehead atoms. The highest BCUT2D eigenvalue weighted by Gasteiger charge is 2.61. The van der Waals surface area contributed by atoms with Crippen molar-refractivity contribution in [3.8, 4) is 17.0 Å². The monoisotopic (exact) mass is 378 g/mol. The van der Waals surface area contributed by atoms with Gasteiger partial charge in [0.2, 0.25) is 0 Å². The minimum atomic E-state index is -2.97. The summed E-state index contributed by atoms with van der Waals surface area (Å²) in [5, 5.41) is 14.9. The molecule has 0 radical (unpaired) electrons. The number of anilines is 1. The number of pyridine rings is 1. The summed E-state index contributed by atoms with van der Waals surface area (Å²) in [7, 11) is 0. The van der Waals surface area contributed by atoms with Crippen molar-refractivity contribution in [3.05, 3.63) is 24.0 Å². The lowest BCUT2D eigenvalue weighted by atomic mass is 9.95. The maximum Gasteiger partial charge on any atom is 0.387 e. The van der Waals surface area contributed by atoms with Crippen LogP contribution in [0.25, 0.3) is 11.3 Å². The molecule has 146 valence electrons. The van der Waals surface area contributed by atoms with E-state index in [1.807, 2.05) is 17.7 Å². The molecule has 2 atom stereocenters. The van der Waals surface area contributed by atoms with Crippen molar-refractivity contribution in [3.63, 3.8) is 0 Å². The molecule has 0 aliphatic heterocycles. The van der Waals surface area contributed by atoms with E-state index in [0.717, 1.165) is 18.5 Å². The first-order chi connectivity index (χ1) is 12.7. The number of aromatic nitrogens is 3. The Labute approximate surface area is 156 Å². The maximum atomic E-state index is 12.6. The first kappa shape index (κ1) is 18.2. The Bertz CT molecular complexity index is 851. The van der Waals surface area contributed by atoms with Gasteiger partial charge in [0.05, 0.1) is 11.3 Å². The molecule has 3 N–H and O–H groups in total. The van der Waals surface area contributed by atoms with Gasteiger partial charge in [-0.05, 0) is 57.6 Å². The van der Waals surface area contributed by atoms with Crippen molar-refractivity contribution >= 4 is 5.82 Å². The number of ether oxygens (including phenoxy) is 1. The molecule has 2 fully saturated rings. The fourth-order valence-corrected chi connectivity index (χ4v) is 4.54. The molecule has 2 unspecified atom stereocenters. The molecular weight excluding hydrogens is 354 g/mol. The summed E-state index contributed by atoms with van der Waals surface area (Å²) in [4.78, 5) is 3.97. The van der Waals surface area contributed by atoms with Crippen LogP contribution in [0.1, 0.15) is 51.3 Å². The molecule has 0 saturated heterocycles. The third kappa shape index (κ3) is 3.26. The van der Waals surface area contributed by atoms with E-state index in [0.29, 0.717) is 29.0 Å². The van der Waals surface area contributed by atoms with Crippen LogP contribution in [0.15, 0.2) is 18.3 Å². The quantitative estimate of drug-likeness (QED) is 0.830. The Morgan fingerprint density at radius 2 is 1.96 bits per heavy atom. The topological polar surface area (TPSA) is 86.2 Å². The first-order valence-corrected chi connectivity index (χ1v) is 9.19. The van der Waals surface area contributed by atoms with Gasteiger partial charge in [-0.1, -0.05) is 0 Å². The minimum absolute atomic E-state index is 0.0819. The second-order valence-corrected chi connectivity index (χ2v) is 8.24. The fourth-order valence-electron chi connectivity index (χ4n) is 4.54. The second-order valence-electron chi connectivity index (χ2n) is 8.24. The zero-order valence-corrected chi connectivity index (χ0v) is 15.6. The molecule has 4 rings (SSSR count). The lowest BCUT2D eigenvalue weighted by Gasteiger charge is -2.20. The number of nitrogen functional groups attached to an aromatic ring is 1. The normalized spacial score (nSPS) is 29.4. The third-order valence-electron chi connectivity index (χ3n) is 5.67.